The van der Waals surface area contributed by atoms with Crippen molar-refractivity contribution in [3.8, 4) is 5.75 Å². The van der Waals surface area contributed by atoms with Crippen molar-refractivity contribution < 1.29 is 26.0 Å². The molecule has 2 aromatic rings. The van der Waals surface area contributed by atoms with Crippen molar-refractivity contribution >= 4 is 40.5 Å². The van der Waals surface area contributed by atoms with E-state index in [1.165, 1.54) is 0 Å². The number of nitrogens with zero attached hydrogens (tertiary/aromatic N) is 1. The summed E-state index contributed by atoms with van der Waals surface area (Å²) in [7, 11) is 9.87. The van der Waals surface area contributed by atoms with Crippen LogP contribution in [0.2, 0.25) is 5.02 Å². The number of para-hydroxylation sites is 2. The van der Waals surface area contributed by atoms with Crippen LogP contribution in [-0.2, 0) is 20.8 Å². The third kappa shape index (κ3) is 6.10. The van der Waals surface area contributed by atoms with E-state index in [0.29, 0.717) is 10.6 Å². The van der Waals surface area contributed by atoms with Crippen LogP contribution in [0.4, 0.5) is 5.69 Å². The maximum absolute atomic E-state index is 9.65. The minimum absolute atomic E-state index is 0.0591. The van der Waals surface area contributed by atoms with E-state index in [-0.39, 0.29) is 5.75 Å². The monoisotopic (exact) mass is 391 g/mol. The van der Waals surface area contributed by atoms with Crippen LogP contribution in [0.3, 0.4) is 0 Å². The first-order valence-corrected chi connectivity index (χ1v) is 11.9. The molecule has 0 atom stereocenters. The Morgan fingerprint density at radius 3 is 2.26 bits per heavy atom. The Balaban J connectivity index is 0.000000550. The summed E-state index contributed by atoms with van der Waals surface area (Å²) in [6, 6.07) is 14.7. The van der Waals surface area contributed by atoms with Gasteiger partial charge in [-0.25, -0.2) is 0 Å². The molecule has 2 aromatic carbocycles. The number of phenolic OH excluding ortho intramolecular Hbond substituents is 1. The number of hydrogen-bond acceptors (Lipinski definition) is 2. The van der Waals surface area contributed by atoms with Crippen LogP contribution in [0, 0.1) is 0 Å². The van der Waals surface area contributed by atoms with E-state index in [2.05, 4.69) is 4.99 Å². The van der Waals surface area contributed by atoms with Crippen LogP contribution >= 0.6 is 28.6 Å². The standard InChI is InChI=1S/C13H10ClNO.2ClH.Zr/c14-12-8-4-5-10(13(12)16)9-15-11-6-2-1-3-7-11;;;/h1-9,16H;2*1H;/q;;;+2/p-2. The summed E-state index contributed by atoms with van der Waals surface area (Å²) >= 11 is 4.96. The minimum atomic E-state index is -0.826. The van der Waals surface area contributed by atoms with E-state index >= 15 is 0 Å². The van der Waals surface area contributed by atoms with E-state index in [1.54, 1.807) is 24.4 Å². The number of phenols is 1. The molecule has 0 aliphatic carbocycles. The summed E-state index contributed by atoms with van der Waals surface area (Å²) < 4.78 is 0. The molecule has 0 fully saturated rings. The van der Waals surface area contributed by atoms with Crippen LogP contribution in [0.25, 0.3) is 0 Å². The van der Waals surface area contributed by atoms with Gasteiger partial charge in [-0.2, -0.15) is 0 Å². The average Bonchev–Trinajstić information content (AvgIpc) is 2.43. The van der Waals surface area contributed by atoms with Crippen molar-refractivity contribution in [2.24, 2.45) is 4.99 Å². The van der Waals surface area contributed by atoms with Gasteiger partial charge in [0.15, 0.2) is 0 Å². The number of benzene rings is 2. The Morgan fingerprint density at radius 1 is 1.00 bits per heavy atom. The van der Waals surface area contributed by atoms with Gasteiger partial charge in [0.05, 0.1) is 10.7 Å². The molecule has 0 spiro atoms. The first kappa shape index (κ1) is 16.7. The molecule has 0 aliphatic heterocycles. The van der Waals surface area contributed by atoms with Gasteiger partial charge < -0.3 is 5.11 Å². The van der Waals surface area contributed by atoms with E-state index < -0.39 is 20.8 Å². The molecule has 0 aliphatic rings. The predicted octanol–water partition coefficient (Wildman–Crippen LogP) is 5.17. The Bertz CT molecular complexity index is 535. The van der Waals surface area contributed by atoms with E-state index in [1.807, 2.05) is 30.3 Å². The Hall–Kier alpha value is -0.337. The first-order valence-electron chi connectivity index (χ1n) is 5.22. The van der Waals surface area contributed by atoms with Crippen molar-refractivity contribution in [3.05, 3.63) is 59.1 Å². The second-order valence-corrected chi connectivity index (χ2v) is 7.48. The average molecular weight is 394 g/mol. The van der Waals surface area contributed by atoms with Crippen molar-refractivity contribution in [3.63, 3.8) is 0 Å². The molecular weight excluding hydrogens is 384 g/mol. The Labute approximate surface area is 135 Å². The van der Waals surface area contributed by atoms with Crippen molar-refractivity contribution in [2.45, 2.75) is 0 Å². The maximum atomic E-state index is 9.65. The zero-order valence-electron chi connectivity index (χ0n) is 9.72. The molecule has 0 aromatic heterocycles. The van der Waals surface area contributed by atoms with Gasteiger partial charge in [0, 0.05) is 11.8 Å². The molecule has 6 heteroatoms. The van der Waals surface area contributed by atoms with Crippen molar-refractivity contribution in [1.82, 2.24) is 0 Å². The molecule has 0 bridgehead atoms. The van der Waals surface area contributed by atoms with Gasteiger partial charge in [-0.3, -0.25) is 4.99 Å². The number of hydrogen-bond donors (Lipinski definition) is 1. The molecule has 1 N–H and O–H groups in total. The SMILES string of the molecule is Oc1c(Cl)cccc1C=Nc1ccccc1.[Cl][Zr][Cl]. The van der Waals surface area contributed by atoms with Gasteiger partial charge in [0.2, 0.25) is 0 Å². The van der Waals surface area contributed by atoms with E-state index in [4.69, 9.17) is 28.6 Å². The van der Waals surface area contributed by atoms with Gasteiger partial charge >= 0.3 is 37.9 Å². The third-order valence-electron chi connectivity index (χ3n) is 2.13. The second kappa shape index (κ2) is 9.55. The fraction of sp³-hybridized carbons (Fsp3) is 0. The van der Waals surface area contributed by atoms with Crippen LogP contribution in [-0.4, -0.2) is 11.3 Å². The summed E-state index contributed by atoms with van der Waals surface area (Å²) in [6.45, 7) is 0. The van der Waals surface area contributed by atoms with Gasteiger partial charge in [0.1, 0.15) is 5.75 Å². The normalized spacial score (nSPS) is 9.84. The number of halogens is 3. The van der Waals surface area contributed by atoms with Crippen LogP contribution < -0.4 is 0 Å². The van der Waals surface area contributed by atoms with Gasteiger partial charge in [-0.1, -0.05) is 35.9 Å². The zero-order valence-corrected chi connectivity index (χ0v) is 14.5. The van der Waals surface area contributed by atoms with E-state index in [9.17, 15) is 5.11 Å². The number of rotatable bonds is 2. The zero-order chi connectivity index (χ0) is 14.1. The molecule has 98 valence electrons. The quantitative estimate of drug-likeness (QED) is 0.701. The third-order valence-corrected chi connectivity index (χ3v) is 2.43. The molecule has 0 radical (unpaired) electrons. The fourth-order valence-corrected chi connectivity index (χ4v) is 1.48. The van der Waals surface area contributed by atoms with Gasteiger partial charge in [-0.15, -0.1) is 0 Å². The molecule has 0 unspecified atom stereocenters. The molecular formula is C13H10Cl3NOZr. The van der Waals surface area contributed by atoms with Crippen LogP contribution in [0.5, 0.6) is 5.75 Å². The molecule has 0 saturated carbocycles. The molecule has 0 saturated heterocycles. The van der Waals surface area contributed by atoms with Crippen LogP contribution in [0.15, 0.2) is 53.5 Å². The number of aromatic hydroxyl groups is 1. The van der Waals surface area contributed by atoms with Crippen molar-refractivity contribution in [1.29, 1.82) is 0 Å². The number of aliphatic imine (C=N–C) groups is 1. The Kier molecular flexibility index (Phi) is 8.40. The molecule has 2 nitrogen and oxygen atoms in total. The van der Waals surface area contributed by atoms with Crippen molar-refractivity contribution in [2.75, 3.05) is 0 Å². The molecule has 2 rings (SSSR count). The van der Waals surface area contributed by atoms with Crippen LogP contribution in [0.1, 0.15) is 5.56 Å². The molecule has 0 amide bonds. The summed E-state index contributed by atoms with van der Waals surface area (Å²) in [5.74, 6) is 0.0591. The van der Waals surface area contributed by atoms with Gasteiger partial charge in [0.25, 0.3) is 0 Å². The summed E-state index contributed by atoms with van der Waals surface area (Å²) in [4.78, 5) is 4.23. The fourth-order valence-electron chi connectivity index (χ4n) is 1.29. The predicted molar refractivity (Wildman–Crippen MR) is 78.5 cm³/mol. The Morgan fingerprint density at radius 2 is 1.63 bits per heavy atom. The summed E-state index contributed by atoms with van der Waals surface area (Å²) in [5, 5.41) is 9.98. The second-order valence-electron chi connectivity index (χ2n) is 3.34. The topological polar surface area (TPSA) is 32.6 Å². The van der Waals surface area contributed by atoms with Gasteiger partial charge in [-0.05, 0) is 24.3 Å². The molecule has 0 heterocycles. The van der Waals surface area contributed by atoms with E-state index in [0.717, 1.165) is 5.69 Å². The summed E-state index contributed by atoms with van der Waals surface area (Å²) in [5.41, 5.74) is 1.44. The first-order chi connectivity index (χ1) is 9.19. The molecule has 19 heavy (non-hydrogen) atoms. The summed E-state index contributed by atoms with van der Waals surface area (Å²) in [6.07, 6.45) is 1.59.